The standard InChI is InChI=1S/C26H21Cl3N4/c1-16-11-18-3-2-4-23(26(18)31-14-16)30-15-21-13-25(17-5-7-19(27)8-6-17)33(32-21)24-10-9-20(28)12-22(24)29/h2-12,14,25,30H,13,15H2,1H3. The number of rotatable bonds is 5. The van der Waals surface area contributed by atoms with Crippen LogP contribution in [0, 0.1) is 6.92 Å². The van der Waals surface area contributed by atoms with Gasteiger partial charge in [-0.1, -0.05) is 59.1 Å². The Morgan fingerprint density at radius 1 is 0.970 bits per heavy atom. The second-order valence-corrected chi connectivity index (χ2v) is 9.40. The fraction of sp³-hybridized carbons (Fsp3) is 0.154. The molecule has 1 unspecified atom stereocenters. The highest BCUT2D eigenvalue weighted by molar-refractivity contribution is 6.36. The molecule has 0 radical (unpaired) electrons. The van der Waals surface area contributed by atoms with E-state index < -0.39 is 0 Å². The lowest BCUT2D eigenvalue weighted by atomic mass is 10.0. The van der Waals surface area contributed by atoms with Crippen LogP contribution in [0.25, 0.3) is 10.9 Å². The summed E-state index contributed by atoms with van der Waals surface area (Å²) in [6, 6.07) is 21.7. The summed E-state index contributed by atoms with van der Waals surface area (Å²) in [6.45, 7) is 2.65. The van der Waals surface area contributed by atoms with Gasteiger partial charge in [-0.2, -0.15) is 5.10 Å². The van der Waals surface area contributed by atoms with Gasteiger partial charge in [0.1, 0.15) is 0 Å². The molecule has 4 aromatic rings. The van der Waals surface area contributed by atoms with Crippen LogP contribution in [-0.4, -0.2) is 17.2 Å². The van der Waals surface area contributed by atoms with Gasteiger partial charge in [-0.3, -0.25) is 9.99 Å². The molecule has 1 aliphatic heterocycles. The Hall–Kier alpha value is -2.79. The molecule has 2 heterocycles. The Bertz CT molecular complexity index is 1350. The van der Waals surface area contributed by atoms with E-state index in [2.05, 4.69) is 22.4 Å². The van der Waals surface area contributed by atoms with Crippen LogP contribution in [0.1, 0.15) is 23.6 Å². The highest BCUT2D eigenvalue weighted by Gasteiger charge is 2.30. The molecule has 1 aromatic heterocycles. The number of fused-ring (bicyclic) bond motifs is 1. The van der Waals surface area contributed by atoms with E-state index in [1.807, 2.05) is 66.7 Å². The molecule has 0 saturated carbocycles. The summed E-state index contributed by atoms with van der Waals surface area (Å²) in [5.74, 6) is 0. The Labute approximate surface area is 207 Å². The van der Waals surface area contributed by atoms with Crippen LogP contribution in [0.3, 0.4) is 0 Å². The molecule has 1 atom stereocenters. The van der Waals surface area contributed by atoms with Crippen molar-refractivity contribution in [2.24, 2.45) is 5.10 Å². The highest BCUT2D eigenvalue weighted by atomic mass is 35.5. The van der Waals surface area contributed by atoms with Crippen LogP contribution in [0.15, 0.2) is 78.0 Å². The van der Waals surface area contributed by atoms with Crippen LogP contribution >= 0.6 is 34.8 Å². The number of pyridine rings is 1. The molecule has 4 nitrogen and oxygen atoms in total. The van der Waals surface area contributed by atoms with Gasteiger partial charge in [-0.15, -0.1) is 0 Å². The molecule has 0 amide bonds. The summed E-state index contributed by atoms with van der Waals surface area (Å²) in [5, 5.41) is 13.4. The van der Waals surface area contributed by atoms with Crippen molar-refractivity contribution in [1.82, 2.24) is 4.98 Å². The average Bonchev–Trinajstić information content (AvgIpc) is 3.21. The molecule has 1 N–H and O–H groups in total. The maximum absolute atomic E-state index is 6.55. The molecule has 0 aliphatic carbocycles. The lowest BCUT2D eigenvalue weighted by Crippen LogP contribution is -2.19. The van der Waals surface area contributed by atoms with Gasteiger partial charge < -0.3 is 5.32 Å². The number of hydrogen-bond acceptors (Lipinski definition) is 4. The zero-order chi connectivity index (χ0) is 22.9. The Morgan fingerprint density at radius 3 is 2.55 bits per heavy atom. The van der Waals surface area contributed by atoms with Crippen molar-refractivity contribution < 1.29 is 0 Å². The summed E-state index contributed by atoms with van der Waals surface area (Å²) in [6.07, 6.45) is 2.65. The highest BCUT2D eigenvalue weighted by Crippen LogP contribution is 2.40. The van der Waals surface area contributed by atoms with E-state index in [9.17, 15) is 0 Å². The molecular formula is C26H21Cl3N4. The smallest absolute Gasteiger partial charge is 0.0933 e. The minimum absolute atomic E-state index is 0.00559. The second kappa shape index (κ2) is 9.22. The first-order chi connectivity index (χ1) is 16.0. The van der Waals surface area contributed by atoms with Gasteiger partial charge in [0.05, 0.1) is 40.2 Å². The third-order valence-electron chi connectivity index (χ3n) is 5.72. The third-order valence-corrected chi connectivity index (χ3v) is 6.51. The lowest BCUT2D eigenvalue weighted by Gasteiger charge is -2.25. The van der Waals surface area contributed by atoms with E-state index >= 15 is 0 Å². The van der Waals surface area contributed by atoms with Crippen LogP contribution in [0.4, 0.5) is 11.4 Å². The van der Waals surface area contributed by atoms with Gasteiger partial charge in [-0.05, 0) is 60.5 Å². The quantitative estimate of drug-likeness (QED) is 0.306. The van der Waals surface area contributed by atoms with Crippen LogP contribution < -0.4 is 10.3 Å². The molecule has 0 fully saturated rings. The van der Waals surface area contributed by atoms with Gasteiger partial charge in [0, 0.05) is 28.0 Å². The minimum Gasteiger partial charge on any atom is -0.378 e. The third kappa shape index (κ3) is 4.65. The fourth-order valence-electron chi connectivity index (χ4n) is 4.12. The Balaban J connectivity index is 1.44. The van der Waals surface area contributed by atoms with E-state index in [0.29, 0.717) is 21.6 Å². The topological polar surface area (TPSA) is 40.5 Å². The van der Waals surface area contributed by atoms with Crippen LogP contribution in [0.2, 0.25) is 15.1 Å². The molecule has 33 heavy (non-hydrogen) atoms. The van der Waals surface area contributed by atoms with Gasteiger partial charge in [0.2, 0.25) is 0 Å². The minimum atomic E-state index is 0.00559. The SMILES string of the molecule is Cc1cnc2c(NCC3=NN(c4ccc(Cl)cc4Cl)C(c4ccc(Cl)cc4)C3)cccc2c1. The first kappa shape index (κ1) is 22.0. The summed E-state index contributed by atoms with van der Waals surface area (Å²) >= 11 is 18.8. The zero-order valence-electron chi connectivity index (χ0n) is 17.9. The monoisotopic (exact) mass is 494 g/mol. The van der Waals surface area contributed by atoms with Crippen molar-refractivity contribution in [3.63, 3.8) is 0 Å². The number of benzene rings is 3. The van der Waals surface area contributed by atoms with Crippen molar-refractivity contribution in [1.29, 1.82) is 0 Å². The summed E-state index contributed by atoms with van der Waals surface area (Å²) in [4.78, 5) is 4.62. The van der Waals surface area contributed by atoms with Crippen LogP contribution in [0.5, 0.6) is 0 Å². The van der Waals surface area contributed by atoms with Crippen molar-refractivity contribution in [2.45, 2.75) is 19.4 Å². The summed E-state index contributed by atoms with van der Waals surface area (Å²) < 4.78 is 0. The van der Waals surface area contributed by atoms with Gasteiger partial charge in [-0.25, -0.2) is 0 Å². The number of para-hydroxylation sites is 1. The number of halogens is 3. The molecular weight excluding hydrogens is 475 g/mol. The Morgan fingerprint density at radius 2 is 1.76 bits per heavy atom. The maximum Gasteiger partial charge on any atom is 0.0933 e. The summed E-state index contributed by atoms with van der Waals surface area (Å²) in [7, 11) is 0. The molecule has 0 bridgehead atoms. The molecule has 0 saturated heterocycles. The first-order valence-corrected chi connectivity index (χ1v) is 11.8. The molecule has 5 rings (SSSR count). The van der Waals surface area contributed by atoms with E-state index in [-0.39, 0.29) is 6.04 Å². The molecule has 1 aliphatic rings. The fourth-order valence-corrected chi connectivity index (χ4v) is 4.74. The predicted octanol–water partition coefficient (Wildman–Crippen LogP) is 7.92. The largest absolute Gasteiger partial charge is 0.378 e. The molecule has 0 spiro atoms. The molecule has 7 heteroatoms. The first-order valence-electron chi connectivity index (χ1n) is 10.6. The maximum atomic E-state index is 6.55. The normalized spacial score (nSPS) is 15.7. The summed E-state index contributed by atoms with van der Waals surface area (Å²) in [5.41, 5.74) is 6.03. The lowest BCUT2D eigenvalue weighted by molar-refractivity contribution is 0.708. The van der Waals surface area contributed by atoms with E-state index in [4.69, 9.17) is 39.9 Å². The van der Waals surface area contributed by atoms with Crippen molar-refractivity contribution in [3.05, 3.63) is 99.1 Å². The number of nitrogens with zero attached hydrogens (tertiary/aromatic N) is 3. The number of nitrogens with one attached hydrogen (secondary N) is 1. The van der Waals surface area contributed by atoms with Crippen molar-refractivity contribution >= 4 is 62.8 Å². The molecule has 166 valence electrons. The van der Waals surface area contributed by atoms with Crippen LogP contribution in [-0.2, 0) is 0 Å². The number of hydrazone groups is 1. The second-order valence-electron chi connectivity index (χ2n) is 8.12. The van der Waals surface area contributed by atoms with Gasteiger partial charge in [0.15, 0.2) is 0 Å². The van der Waals surface area contributed by atoms with Gasteiger partial charge >= 0.3 is 0 Å². The van der Waals surface area contributed by atoms with Crippen molar-refractivity contribution in [2.75, 3.05) is 16.9 Å². The van der Waals surface area contributed by atoms with Gasteiger partial charge in [0.25, 0.3) is 0 Å². The number of anilines is 2. The Kier molecular flexibility index (Phi) is 6.15. The average molecular weight is 496 g/mol. The van der Waals surface area contributed by atoms with E-state index in [1.165, 1.54) is 0 Å². The van der Waals surface area contributed by atoms with Crippen molar-refractivity contribution in [3.8, 4) is 0 Å². The van der Waals surface area contributed by atoms with E-state index in [1.54, 1.807) is 6.07 Å². The number of hydrogen-bond donors (Lipinski definition) is 1. The predicted molar refractivity (Wildman–Crippen MR) is 140 cm³/mol. The number of aryl methyl sites for hydroxylation is 1. The zero-order valence-corrected chi connectivity index (χ0v) is 20.2. The van der Waals surface area contributed by atoms with E-state index in [0.717, 1.165) is 45.5 Å². The number of aromatic nitrogens is 1. The molecule has 3 aromatic carbocycles.